The van der Waals surface area contributed by atoms with Gasteiger partial charge in [-0.25, -0.2) is 0 Å². The summed E-state index contributed by atoms with van der Waals surface area (Å²) in [5.41, 5.74) is 4.23. The molecule has 0 saturated carbocycles. The molecule has 2 N–H and O–H groups in total. The minimum Gasteiger partial charge on any atom is -0.507 e. The van der Waals surface area contributed by atoms with E-state index in [0.717, 1.165) is 29.1 Å². The molecule has 2 aromatic carbocycles. The third kappa shape index (κ3) is 3.99. The number of benzene rings is 2. The van der Waals surface area contributed by atoms with Crippen LogP contribution in [0.5, 0.6) is 5.75 Å². The van der Waals surface area contributed by atoms with Gasteiger partial charge in [0.25, 0.3) is 0 Å². The Morgan fingerprint density at radius 3 is 2.38 bits per heavy atom. The van der Waals surface area contributed by atoms with Gasteiger partial charge >= 0.3 is 0 Å². The van der Waals surface area contributed by atoms with Crippen LogP contribution in [-0.4, -0.2) is 5.11 Å². The first-order valence-corrected chi connectivity index (χ1v) is 7.67. The zero-order chi connectivity index (χ0) is 15.4. The SMILES string of the molecule is CCC(NCc1cc(C)c(O)c(C)c1)c1cccc(Cl)c1. The van der Waals surface area contributed by atoms with Crippen LogP contribution >= 0.6 is 11.6 Å². The van der Waals surface area contributed by atoms with Crippen LogP contribution in [0.1, 0.15) is 41.6 Å². The molecule has 0 radical (unpaired) electrons. The van der Waals surface area contributed by atoms with Gasteiger partial charge in [0.05, 0.1) is 0 Å². The maximum atomic E-state index is 9.83. The van der Waals surface area contributed by atoms with Crippen molar-refractivity contribution >= 4 is 11.6 Å². The molecule has 2 aromatic rings. The summed E-state index contributed by atoms with van der Waals surface area (Å²) in [6.45, 7) is 6.79. The normalized spacial score (nSPS) is 12.4. The predicted molar refractivity (Wildman–Crippen MR) is 88.9 cm³/mol. The summed E-state index contributed by atoms with van der Waals surface area (Å²) >= 11 is 6.07. The van der Waals surface area contributed by atoms with Crippen molar-refractivity contribution in [3.05, 3.63) is 63.7 Å². The van der Waals surface area contributed by atoms with Crippen molar-refractivity contribution in [1.82, 2.24) is 5.32 Å². The Labute approximate surface area is 131 Å². The molecule has 0 aliphatic carbocycles. The number of aryl methyl sites for hydroxylation is 2. The van der Waals surface area contributed by atoms with Crippen molar-refractivity contribution in [1.29, 1.82) is 0 Å². The number of hydrogen-bond acceptors (Lipinski definition) is 2. The van der Waals surface area contributed by atoms with Crippen LogP contribution in [0.15, 0.2) is 36.4 Å². The third-order valence-corrected chi connectivity index (χ3v) is 4.00. The molecule has 0 aliphatic heterocycles. The third-order valence-electron chi connectivity index (χ3n) is 3.76. The quantitative estimate of drug-likeness (QED) is 0.823. The van der Waals surface area contributed by atoms with E-state index in [1.165, 1.54) is 11.1 Å². The van der Waals surface area contributed by atoms with Crippen LogP contribution in [0.3, 0.4) is 0 Å². The number of nitrogens with one attached hydrogen (secondary N) is 1. The van der Waals surface area contributed by atoms with Crippen molar-refractivity contribution < 1.29 is 5.11 Å². The van der Waals surface area contributed by atoms with Gasteiger partial charge in [-0.3, -0.25) is 0 Å². The molecule has 0 saturated heterocycles. The summed E-state index contributed by atoms with van der Waals surface area (Å²) < 4.78 is 0. The largest absolute Gasteiger partial charge is 0.507 e. The molecule has 0 bridgehead atoms. The Morgan fingerprint density at radius 1 is 1.14 bits per heavy atom. The average molecular weight is 304 g/mol. The van der Waals surface area contributed by atoms with Gasteiger partial charge in [0.2, 0.25) is 0 Å². The topological polar surface area (TPSA) is 32.3 Å². The molecule has 2 nitrogen and oxygen atoms in total. The lowest BCUT2D eigenvalue weighted by atomic mass is 10.0. The van der Waals surface area contributed by atoms with Crippen molar-refractivity contribution in [3.63, 3.8) is 0 Å². The van der Waals surface area contributed by atoms with Gasteiger partial charge in [-0.15, -0.1) is 0 Å². The molecule has 3 heteroatoms. The van der Waals surface area contributed by atoms with Gasteiger partial charge in [-0.1, -0.05) is 42.8 Å². The molecule has 0 spiro atoms. The van der Waals surface area contributed by atoms with Crippen LogP contribution in [0, 0.1) is 13.8 Å². The Balaban J connectivity index is 2.10. The van der Waals surface area contributed by atoms with Crippen LogP contribution in [0.2, 0.25) is 5.02 Å². The highest BCUT2D eigenvalue weighted by Gasteiger charge is 2.10. The maximum absolute atomic E-state index is 9.83. The monoisotopic (exact) mass is 303 g/mol. The van der Waals surface area contributed by atoms with Gasteiger partial charge < -0.3 is 10.4 Å². The van der Waals surface area contributed by atoms with Gasteiger partial charge in [0.1, 0.15) is 5.75 Å². The summed E-state index contributed by atoms with van der Waals surface area (Å²) in [6.07, 6.45) is 0.996. The number of phenolic OH excluding ortho intramolecular Hbond substituents is 1. The van der Waals surface area contributed by atoms with Gasteiger partial charge in [0.15, 0.2) is 0 Å². The van der Waals surface area contributed by atoms with Gasteiger partial charge in [0, 0.05) is 17.6 Å². The zero-order valence-electron chi connectivity index (χ0n) is 12.8. The van der Waals surface area contributed by atoms with Crippen LogP contribution in [0.4, 0.5) is 0 Å². The molecule has 0 aliphatic rings. The summed E-state index contributed by atoms with van der Waals surface area (Å²) in [6, 6.07) is 12.3. The molecule has 1 atom stereocenters. The number of aromatic hydroxyl groups is 1. The van der Waals surface area contributed by atoms with E-state index < -0.39 is 0 Å². The Morgan fingerprint density at radius 2 is 1.81 bits per heavy atom. The second-order valence-electron chi connectivity index (χ2n) is 5.47. The Kier molecular flexibility index (Phi) is 5.27. The molecule has 112 valence electrons. The van der Waals surface area contributed by atoms with E-state index in [0.29, 0.717) is 5.75 Å². The van der Waals surface area contributed by atoms with Gasteiger partial charge in [-0.05, 0) is 54.7 Å². The van der Waals surface area contributed by atoms with E-state index in [1.807, 2.05) is 44.2 Å². The van der Waals surface area contributed by atoms with E-state index >= 15 is 0 Å². The minimum absolute atomic E-state index is 0.276. The van der Waals surface area contributed by atoms with Crippen LogP contribution in [-0.2, 0) is 6.54 Å². The fraction of sp³-hybridized carbons (Fsp3) is 0.333. The van der Waals surface area contributed by atoms with Gasteiger partial charge in [-0.2, -0.15) is 0 Å². The first-order valence-electron chi connectivity index (χ1n) is 7.29. The van der Waals surface area contributed by atoms with Crippen molar-refractivity contribution in [2.24, 2.45) is 0 Å². The molecule has 0 heterocycles. The molecule has 0 amide bonds. The zero-order valence-corrected chi connectivity index (χ0v) is 13.5. The number of rotatable bonds is 5. The van der Waals surface area contributed by atoms with E-state index in [4.69, 9.17) is 11.6 Å². The molecule has 0 aromatic heterocycles. The lowest BCUT2D eigenvalue weighted by Gasteiger charge is -2.18. The summed E-state index contributed by atoms with van der Waals surface area (Å²) in [5, 5.41) is 14.2. The van der Waals surface area contributed by atoms with E-state index in [9.17, 15) is 5.11 Å². The first-order chi connectivity index (χ1) is 10.0. The lowest BCUT2D eigenvalue weighted by Crippen LogP contribution is -2.20. The van der Waals surface area contributed by atoms with E-state index in [-0.39, 0.29) is 6.04 Å². The number of phenols is 1. The highest BCUT2D eigenvalue weighted by molar-refractivity contribution is 6.30. The molecule has 2 rings (SSSR count). The smallest absolute Gasteiger partial charge is 0.121 e. The fourth-order valence-electron chi connectivity index (χ4n) is 2.61. The standard InChI is InChI=1S/C18H22ClNO/c1-4-17(15-6-5-7-16(19)10-15)20-11-14-8-12(2)18(21)13(3)9-14/h5-10,17,20-21H,4,11H2,1-3H3. The molecular weight excluding hydrogens is 282 g/mol. The summed E-state index contributed by atoms with van der Waals surface area (Å²) in [5.74, 6) is 0.389. The van der Waals surface area contributed by atoms with Crippen LogP contribution < -0.4 is 5.32 Å². The lowest BCUT2D eigenvalue weighted by molar-refractivity contribution is 0.465. The molecule has 1 unspecified atom stereocenters. The number of hydrogen-bond donors (Lipinski definition) is 2. The van der Waals surface area contributed by atoms with Crippen molar-refractivity contribution in [3.8, 4) is 5.75 Å². The predicted octanol–water partition coefficient (Wildman–Crippen LogP) is 4.90. The van der Waals surface area contributed by atoms with Crippen molar-refractivity contribution in [2.75, 3.05) is 0 Å². The second kappa shape index (κ2) is 6.97. The average Bonchev–Trinajstić information content (AvgIpc) is 2.45. The second-order valence-corrected chi connectivity index (χ2v) is 5.91. The fourth-order valence-corrected chi connectivity index (χ4v) is 2.81. The summed E-state index contributed by atoms with van der Waals surface area (Å²) in [4.78, 5) is 0. The molecular formula is C18H22ClNO. The van der Waals surface area contributed by atoms with Crippen LogP contribution in [0.25, 0.3) is 0 Å². The first kappa shape index (κ1) is 15.9. The Bertz CT molecular complexity index is 601. The van der Waals surface area contributed by atoms with Crippen molar-refractivity contribution in [2.45, 2.75) is 39.8 Å². The maximum Gasteiger partial charge on any atom is 0.121 e. The van der Waals surface area contributed by atoms with E-state index in [1.54, 1.807) is 0 Å². The minimum atomic E-state index is 0.276. The summed E-state index contributed by atoms with van der Waals surface area (Å²) in [7, 11) is 0. The molecule has 21 heavy (non-hydrogen) atoms. The van der Waals surface area contributed by atoms with E-state index in [2.05, 4.69) is 18.3 Å². The number of halogens is 1. The highest BCUT2D eigenvalue weighted by Crippen LogP contribution is 2.24. The highest BCUT2D eigenvalue weighted by atomic mass is 35.5. The molecule has 0 fully saturated rings. The Hall–Kier alpha value is -1.51.